The fourth-order valence-electron chi connectivity index (χ4n) is 2.03. The summed E-state index contributed by atoms with van der Waals surface area (Å²) in [6.07, 6.45) is 1.92. The molecule has 1 fully saturated rings. The molecule has 2 heterocycles. The van der Waals surface area contributed by atoms with Crippen LogP contribution in [0.3, 0.4) is 0 Å². The Morgan fingerprint density at radius 1 is 1.35 bits per heavy atom. The fraction of sp³-hybridized carbons (Fsp3) is 0.692. The molecular weight excluding hydrogens is 216 g/mol. The third-order valence-electron chi connectivity index (χ3n) is 3.11. The highest BCUT2D eigenvalue weighted by Gasteiger charge is 2.22. The first-order valence-corrected chi connectivity index (χ1v) is 6.16. The highest BCUT2D eigenvalue weighted by molar-refractivity contribution is 5.13. The van der Waals surface area contributed by atoms with Crippen molar-refractivity contribution in [1.82, 2.24) is 9.97 Å². The minimum absolute atomic E-state index is 0.0496. The van der Waals surface area contributed by atoms with Gasteiger partial charge in [-0.15, -0.1) is 0 Å². The number of hydrogen-bond donors (Lipinski definition) is 1. The van der Waals surface area contributed by atoms with Crippen LogP contribution in [0.1, 0.15) is 51.0 Å². The number of hydrogen-bond acceptors (Lipinski definition) is 3. The van der Waals surface area contributed by atoms with Gasteiger partial charge in [-0.05, 0) is 12.8 Å². The summed E-state index contributed by atoms with van der Waals surface area (Å²) in [6.45, 7) is 7.70. The van der Waals surface area contributed by atoms with Gasteiger partial charge in [-0.2, -0.15) is 0 Å². The number of aromatic nitrogens is 2. The van der Waals surface area contributed by atoms with Crippen molar-refractivity contribution in [2.45, 2.75) is 44.9 Å². The van der Waals surface area contributed by atoms with Crippen LogP contribution in [0.25, 0.3) is 0 Å². The van der Waals surface area contributed by atoms with Crippen molar-refractivity contribution < 1.29 is 4.74 Å². The van der Waals surface area contributed by atoms with Crippen LogP contribution in [0.5, 0.6) is 0 Å². The van der Waals surface area contributed by atoms with Gasteiger partial charge in [0.05, 0.1) is 5.69 Å². The monoisotopic (exact) mass is 236 g/mol. The lowest BCUT2D eigenvalue weighted by Gasteiger charge is -2.23. The minimum Gasteiger partial charge on any atom is -0.381 e. The van der Waals surface area contributed by atoms with Gasteiger partial charge >= 0.3 is 0 Å². The van der Waals surface area contributed by atoms with Gasteiger partial charge in [0, 0.05) is 30.6 Å². The summed E-state index contributed by atoms with van der Waals surface area (Å²) in [5.74, 6) is 1.14. The fourth-order valence-corrected chi connectivity index (χ4v) is 2.03. The summed E-state index contributed by atoms with van der Waals surface area (Å²) in [5, 5.41) is 0. The van der Waals surface area contributed by atoms with Gasteiger partial charge in [-0.1, -0.05) is 20.8 Å². The maximum atomic E-state index is 11.7. The third kappa shape index (κ3) is 2.94. The van der Waals surface area contributed by atoms with Crippen molar-refractivity contribution in [2.24, 2.45) is 0 Å². The van der Waals surface area contributed by atoms with E-state index in [0.29, 0.717) is 5.92 Å². The molecule has 0 spiro atoms. The van der Waals surface area contributed by atoms with E-state index in [9.17, 15) is 4.79 Å². The normalized spacial score (nSPS) is 18.3. The van der Waals surface area contributed by atoms with Crippen molar-refractivity contribution >= 4 is 0 Å². The van der Waals surface area contributed by atoms with Crippen molar-refractivity contribution in [3.8, 4) is 0 Å². The number of H-pyrrole nitrogens is 1. The second kappa shape index (κ2) is 4.61. The van der Waals surface area contributed by atoms with Crippen LogP contribution in [0.2, 0.25) is 0 Å². The first-order chi connectivity index (χ1) is 7.97. The SMILES string of the molecule is CC(C)(C)c1nc(C2CCOCC2)cc(=O)[nH]1. The predicted molar refractivity (Wildman–Crippen MR) is 66.4 cm³/mol. The molecule has 1 aliphatic heterocycles. The lowest BCUT2D eigenvalue weighted by atomic mass is 9.93. The van der Waals surface area contributed by atoms with E-state index in [2.05, 4.69) is 30.7 Å². The van der Waals surface area contributed by atoms with Crippen molar-refractivity contribution in [3.05, 3.63) is 27.9 Å². The van der Waals surface area contributed by atoms with E-state index in [1.165, 1.54) is 0 Å². The zero-order valence-corrected chi connectivity index (χ0v) is 10.7. The van der Waals surface area contributed by atoms with E-state index >= 15 is 0 Å². The summed E-state index contributed by atoms with van der Waals surface area (Å²) >= 11 is 0. The average Bonchev–Trinajstić information content (AvgIpc) is 2.28. The topological polar surface area (TPSA) is 55.0 Å². The summed E-state index contributed by atoms with van der Waals surface area (Å²) in [6, 6.07) is 1.63. The molecule has 2 rings (SSSR count). The zero-order chi connectivity index (χ0) is 12.5. The van der Waals surface area contributed by atoms with Crippen LogP contribution in [-0.4, -0.2) is 23.2 Å². The molecule has 0 bridgehead atoms. The quantitative estimate of drug-likeness (QED) is 0.811. The highest BCUT2D eigenvalue weighted by Crippen LogP contribution is 2.26. The lowest BCUT2D eigenvalue weighted by Crippen LogP contribution is -2.25. The summed E-state index contributed by atoms with van der Waals surface area (Å²) in [7, 11) is 0. The molecule has 4 nitrogen and oxygen atoms in total. The van der Waals surface area contributed by atoms with Crippen LogP contribution < -0.4 is 5.56 Å². The van der Waals surface area contributed by atoms with Gasteiger partial charge in [-0.25, -0.2) is 4.98 Å². The number of rotatable bonds is 1. The molecule has 1 saturated heterocycles. The highest BCUT2D eigenvalue weighted by atomic mass is 16.5. The smallest absolute Gasteiger partial charge is 0.251 e. The second-order valence-corrected chi connectivity index (χ2v) is 5.66. The molecule has 0 amide bonds. The Labute approximate surface area is 101 Å². The zero-order valence-electron chi connectivity index (χ0n) is 10.7. The molecule has 17 heavy (non-hydrogen) atoms. The second-order valence-electron chi connectivity index (χ2n) is 5.66. The van der Waals surface area contributed by atoms with Crippen LogP contribution in [0.4, 0.5) is 0 Å². The van der Waals surface area contributed by atoms with E-state index in [0.717, 1.165) is 37.6 Å². The van der Waals surface area contributed by atoms with Crippen LogP contribution in [-0.2, 0) is 10.2 Å². The standard InChI is InChI=1S/C13H20N2O2/c1-13(2,3)12-14-10(8-11(16)15-12)9-4-6-17-7-5-9/h8-9H,4-7H2,1-3H3,(H,14,15,16). The number of nitrogens with one attached hydrogen (secondary N) is 1. The molecule has 0 saturated carbocycles. The Bertz CT molecular complexity index is 439. The molecule has 94 valence electrons. The third-order valence-corrected chi connectivity index (χ3v) is 3.11. The van der Waals surface area contributed by atoms with Crippen molar-refractivity contribution in [2.75, 3.05) is 13.2 Å². The Kier molecular flexibility index (Phi) is 3.33. The number of ether oxygens (including phenoxy) is 1. The van der Waals surface area contributed by atoms with Crippen LogP contribution in [0.15, 0.2) is 10.9 Å². The maximum absolute atomic E-state index is 11.7. The molecule has 1 aliphatic rings. The Balaban J connectivity index is 2.34. The molecule has 1 aromatic rings. The number of aromatic amines is 1. The molecular formula is C13H20N2O2. The maximum Gasteiger partial charge on any atom is 0.251 e. The van der Waals surface area contributed by atoms with Crippen LogP contribution in [0, 0.1) is 0 Å². The summed E-state index contributed by atoms with van der Waals surface area (Å²) < 4.78 is 5.34. The average molecular weight is 236 g/mol. The molecule has 0 radical (unpaired) electrons. The van der Waals surface area contributed by atoms with Crippen molar-refractivity contribution in [1.29, 1.82) is 0 Å². The van der Waals surface area contributed by atoms with Gasteiger partial charge in [0.1, 0.15) is 5.82 Å². The first-order valence-electron chi connectivity index (χ1n) is 6.16. The van der Waals surface area contributed by atoms with E-state index in [1.807, 2.05) is 0 Å². The molecule has 4 heteroatoms. The van der Waals surface area contributed by atoms with E-state index in [1.54, 1.807) is 6.07 Å². The molecule has 0 atom stereocenters. The number of nitrogens with zero attached hydrogens (tertiary/aromatic N) is 1. The van der Waals surface area contributed by atoms with E-state index < -0.39 is 0 Å². The summed E-state index contributed by atoms with van der Waals surface area (Å²) in [4.78, 5) is 19.1. The lowest BCUT2D eigenvalue weighted by molar-refractivity contribution is 0.0843. The summed E-state index contributed by atoms with van der Waals surface area (Å²) in [5.41, 5.74) is 0.744. The molecule has 0 aliphatic carbocycles. The van der Waals surface area contributed by atoms with Gasteiger partial charge in [0.2, 0.25) is 0 Å². The largest absolute Gasteiger partial charge is 0.381 e. The van der Waals surface area contributed by atoms with Crippen molar-refractivity contribution in [3.63, 3.8) is 0 Å². The van der Waals surface area contributed by atoms with Gasteiger partial charge in [-0.3, -0.25) is 4.79 Å². The van der Waals surface area contributed by atoms with E-state index in [-0.39, 0.29) is 11.0 Å². The van der Waals surface area contributed by atoms with Gasteiger partial charge < -0.3 is 9.72 Å². The molecule has 1 aromatic heterocycles. The Morgan fingerprint density at radius 3 is 2.59 bits per heavy atom. The van der Waals surface area contributed by atoms with E-state index in [4.69, 9.17) is 4.74 Å². The van der Waals surface area contributed by atoms with Gasteiger partial charge in [0.25, 0.3) is 5.56 Å². The molecule has 0 unspecified atom stereocenters. The Hall–Kier alpha value is -1.16. The van der Waals surface area contributed by atoms with Crippen LogP contribution >= 0.6 is 0 Å². The first kappa shape index (κ1) is 12.3. The molecule has 0 aromatic carbocycles. The minimum atomic E-state index is -0.125. The molecule has 1 N–H and O–H groups in total. The Morgan fingerprint density at radius 2 is 2.00 bits per heavy atom. The van der Waals surface area contributed by atoms with Gasteiger partial charge in [0.15, 0.2) is 0 Å². The predicted octanol–water partition coefficient (Wildman–Crippen LogP) is 1.96.